The molecule has 4 aromatic rings. The molecule has 6 rings (SSSR count). The number of hydrogen-bond acceptors (Lipinski definition) is 5. The van der Waals surface area contributed by atoms with Crippen molar-refractivity contribution in [2.45, 2.75) is 25.8 Å². The van der Waals surface area contributed by atoms with Crippen LogP contribution in [0.3, 0.4) is 0 Å². The summed E-state index contributed by atoms with van der Waals surface area (Å²) in [6.45, 7) is 2.46. The Labute approximate surface area is 203 Å². The number of hydrogen-bond donors (Lipinski definition) is 1. The fraction of sp³-hybridized carbons (Fsp3) is 0.296. The Morgan fingerprint density at radius 3 is 2.47 bits per heavy atom. The average molecular weight is 472 g/mol. The van der Waals surface area contributed by atoms with E-state index in [1.807, 2.05) is 54.6 Å². The van der Waals surface area contributed by atoms with Crippen molar-refractivity contribution in [2.75, 3.05) is 18.5 Å². The SMILES string of the molecule is O=c1c(-c2ccccc2Cl)cc2cnc(NN3CC4CCCC4C3)nc2n1Cc1ccccc1. The van der Waals surface area contributed by atoms with Crippen molar-refractivity contribution >= 4 is 28.6 Å². The zero-order valence-corrected chi connectivity index (χ0v) is 19.6. The van der Waals surface area contributed by atoms with Crippen LogP contribution < -0.4 is 11.0 Å². The zero-order valence-electron chi connectivity index (χ0n) is 18.8. The highest BCUT2D eigenvalue weighted by Gasteiger charge is 2.36. The lowest BCUT2D eigenvalue weighted by atomic mass is 10.0. The van der Waals surface area contributed by atoms with E-state index >= 15 is 0 Å². The summed E-state index contributed by atoms with van der Waals surface area (Å²) in [4.78, 5) is 23.1. The van der Waals surface area contributed by atoms with Crippen molar-refractivity contribution < 1.29 is 0 Å². The summed E-state index contributed by atoms with van der Waals surface area (Å²) in [6.07, 6.45) is 5.75. The number of anilines is 1. The van der Waals surface area contributed by atoms with Gasteiger partial charge in [0.15, 0.2) is 0 Å². The van der Waals surface area contributed by atoms with Gasteiger partial charge in [-0.3, -0.25) is 14.8 Å². The van der Waals surface area contributed by atoms with E-state index in [9.17, 15) is 4.79 Å². The predicted octanol–water partition coefficient (Wildman–Crippen LogP) is 5.22. The van der Waals surface area contributed by atoms with E-state index in [-0.39, 0.29) is 5.56 Å². The first-order valence-corrected chi connectivity index (χ1v) is 12.2. The number of aromatic nitrogens is 3. The zero-order chi connectivity index (χ0) is 23.1. The molecule has 3 heterocycles. The number of nitrogens with zero attached hydrogens (tertiary/aromatic N) is 4. The molecule has 6 nitrogen and oxygen atoms in total. The molecule has 1 N–H and O–H groups in total. The molecule has 2 fully saturated rings. The van der Waals surface area contributed by atoms with Gasteiger partial charge >= 0.3 is 0 Å². The Hall–Kier alpha value is -3.22. The second-order valence-corrected chi connectivity index (χ2v) is 9.76. The van der Waals surface area contributed by atoms with E-state index in [1.54, 1.807) is 16.8 Å². The molecule has 2 unspecified atom stereocenters. The van der Waals surface area contributed by atoms with Crippen LogP contribution in [0.25, 0.3) is 22.2 Å². The molecule has 0 amide bonds. The van der Waals surface area contributed by atoms with Gasteiger partial charge in [-0.2, -0.15) is 4.98 Å². The van der Waals surface area contributed by atoms with Crippen molar-refractivity contribution in [3.05, 3.63) is 87.8 Å². The highest BCUT2D eigenvalue weighted by Crippen LogP contribution is 2.37. The predicted molar refractivity (Wildman–Crippen MR) is 136 cm³/mol. The number of benzene rings is 2. The second kappa shape index (κ2) is 8.85. The molecule has 7 heteroatoms. The fourth-order valence-electron chi connectivity index (χ4n) is 5.47. The maximum atomic E-state index is 13.7. The summed E-state index contributed by atoms with van der Waals surface area (Å²) in [5.41, 5.74) is 6.18. The number of nitrogens with one attached hydrogen (secondary N) is 1. The molecule has 2 aromatic heterocycles. The van der Waals surface area contributed by atoms with Crippen LogP contribution >= 0.6 is 11.6 Å². The highest BCUT2D eigenvalue weighted by atomic mass is 35.5. The summed E-state index contributed by atoms with van der Waals surface area (Å²) < 4.78 is 1.73. The first-order valence-electron chi connectivity index (χ1n) is 11.9. The van der Waals surface area contributed by atoms with Gasteiger partial charge in [0.25, 0.3) is 5.56 Å². The number of pyridine rings is 1. The lowest BCUT2D eigenvalue weighted by Crippen LogP contribution is -2.30. The van der Waals surface area contributed by atoms with Gasteiger partial charge in [-0.05, 0) is 42.4 Å². The van der Waals surface area contributed by atoms with Crippen molar-refractivity contribution in [3.8, 4) is 11.1 Å². The summed E-state index contributed by atoms with van der Waals surface area (Å²) >= 11 is 6.46. The van der Waals surface area contributed by atoms with E-state index < -0.39 is 0 Å². The molecule has 0 spiro atoms. The minimum Gasteiger partial charge on any atom is -0.288 e. The summed E-state index contributed by atoms with van der Waals surface area (Å²) in [7, 11) is 0. The quantitative estimate of drug-likeness (QED) is 0.432. The minimum absolute atomic E-state index is 0.121. The third-order valence-corrected chi connectivity index (χ3v) is 7.49. The molecular weight excluding hydrogens is 446 g/mol. The molecule has 34 heavy (non-hydrogen) atoms. The molecule has 2 atom stereocenters. The van der Waals surface area contributed by atoms with Gasteiger partial charge in [0.2, 0.25) is 5.95 Å². The van der Waals surface area contributed by atoms with Crippen LogP contribution in [-0.2, 0) is 6.54 Å². The molecule has 2 aliphatic rings. The third-order valence-electron chi connectivity index (χ3n) is 7.16. The second-order valence-electron chi connectivity index (χ2n) is 9.36. The van der Waals surface area contributed by atoms with Crippen molar-refractivity contribution in [3.63, 3.8) is 0 Å². The van der Waals surface area contributed by atoms with Gasteiger partial charge in [0.1, 0.15) is 5.65 Å². The molecule has 1 aliphatic carbocycles. The molecule has 1 aliphatic heterocycles. The molecule has 0 bridgehead atoms. The first-order chi connectivity index (χ1) is 16.7. The lowest BCUT2D eigenvalue weighted by Gasteiger charge is -2.19. The van der Waals surface area contributed by atoms with Crippen LogP contribution in [0.5, 0.6) is 0 Å². The van der Waals surface area contributed by atoms with Gasteiger partial charge in [-0.15, -0.1) is 0 Å². The van der Waals surface area contributed by atoms with Crippen molar-refractivity contribution in [1.82, 2.24) is 19.5 Å². The lowest BCUT2D eigenvalue weighted by molar-refractivity contribution is 0.369. The summed E-state index contributed by atoms with van der Waals surface area (Å²) in [5.74, 6) is 2.06. The summed E-state index contributed by atoms with van der Waals surface area (Å²) in [6, 6.07) is 19.2. The maximum Gasteiger partial charge on any atom is 0.260 e. The number of fused-ring (bicyclic) bond motifs is 2. The molecular formula is C27H26ClN5O. The van der Waals surface area contributed by atoms with Gasteiger partial charge < -0.3 is 0 Å². The number of hydrazine groups is 1. The van der Waals surface area contributed by atoms with Crippen LogP contribution in [0.2, 0.25) is 5.02 Å². The Kier molecular flexibility index (Phi) is 5.55. The standard InChI is InChI=1S/C27H26ClN5O/c28-24-12-5-4-11-22(24)23-13-21-14-29-27(31-32-16-19-9-6-10-20(19)17-32)30-25(21)33(26(23)34)15-18-7-2-1-3-8-18/h1-5,7-8,11-14,19-20H,6,9-10,15-17H2,(H,29,30,31). The minimum atomic E-state index is -0.121. The van der Waals surface area contributed by atoms with Crippen molar-refractivity contribution in [1.29, 1.82) is 0 Å². The Morgan fingerprint density at radius 1 is 0.971 bits per heavy atom. The van der Waals surface area contributed by atoms with Crippen LogP contribution in [0.1, 0.15) is 24.8 Å². The largest absolute Gasteiger partial charge is 0.288 e. The van der Waals surface area contributed by atoms with Crippen molar-refractivity contribution in [2.24, 2.45) is 11.8 Å². The molecule has 2 aromatic carbocycles. The Bertz CT molecular complexity index is 1390. The fourth-order valence-corrected chi connectivity index (χ4v) is 5.70. The molecule has 1 saturated heterocycles. The van der Waals surface area contributed by atoms with Crippen LogP contribution in [-0.4, -0.2) is 32.6 Å². The van der Waals surface area contributed by atoms with Gasteiger partial charge in [0, 0.05) is 40.8 Å². The Morgan fingerprint density at radius 2 is 1.71 bits per heavy atom. The molecule has 0 radical (unpaired) electrons. The Balaban J connectivity index is 1.43. The molecule has 172 valence electrons. The topological polar surface area (TPSA) is 63.1 Å². The van der Waals surface area contributed by atoms with Gasteiger partial charge in [0.05, 0.1) is 6.54 Å². The van der Waals surface area contributed by atoms with E-state index in [4.69, 9.17) is 16.6 Å². The van der Waals surface area contributed by atoms with Gasteiger partial charge in [-0.25, -0.2) is 9.99 Å². The van der Waals surface area contributed by atoms with Crippen LogP contribution in [0, 0.1) is 11.8 Å². The monoisotopic (exact) mass is 471 g/mol. The number of halogens is 1. The van der Waals surface area contributed by atoms with Gasteiger partial charge in [-0.1, -0.05) is 66.6 Å². The normalized spacial score (nSPS) is 20.0. The van der Waals surface area contributed by atoms with E-state index in [0.717, 1.165) is 35.9 Å². The van der Waals surface area contributed by atoms with E-state index in [1.165, 1.54) is 19.3 Å². The highest BCUT2D eigenvalue weighted by molar-refractivity contribution is 6.33. The van der Waals surface area contributed by atoms with E-state index in [0.29, 0.717) is 34.3 Å². The van der Waals surface area contributed by atoms with Crippen LogP contribution in [0.4, 0.5) is 5.95 Å². The maximum absolute atomic E-state index is 13.7. The molecule has 1 saturated carbocycles. The van der Waals surface area contributed by atoms with Crippen LogP contribution in [0.15, 0.2) is 71.7 Å². The first kappa shape index (κ1) is 21.3. The number of rotatable bonds is 5. The smallest absolute Gasteiger partial charge is 0.260 e. The average Bonchev–Trinajstić information content (AvgIpc) is 3.44. The third kappa shape index (κ3) is 3.97. The summed E-state index contributed by atoms with van der Waals surface area (Å²) in [5, 5.41) is 3.58. The van der Waals surface area contributed by atoms with E-state index in [2.05, 4.69) is 15.4 Å².